The summed E-state index contributed by atoms with van der Waals surface area (Å²) in [6.07, 6.45) is 2.98. The van der Waals surface area contributed by atoms with E-state index in [-0.39, 0.29) is 29.7 Å². The van der Waals surface area contributed by atoms with Crippen LogP contribution in [0.25, 0.3) is 0 Å². The van der Waals surface area contributed by atoms with Gasteiger partial charge < -0.3 is 10.4 Å². The molecule has 1 rings (SSSR count). The first-order chi connectivity index (χ1) is 7.30. The maximum Gasteiger partial charge on any atom is 0.305 e. The average molecular weight is 227 g/mol. The standard InChI is InChI=1S/C12H21NO3/c1-12(2,3)9(7-10(14)15)13-11(16)8-5-4-6-8/h8-9H,4-7H2,1-3H3,(H,13,16)(H,14,15). The lowest BCUT2D eigenvalue weighted by Crippen LogP contribution is -2.48. The quantitative estimate of drug-likeness (QED) is 0.769. The summed E-state index contributed by atoms with van der Waals surface area (Å²) in [5.74, 6) is -0.736. The average Bonchev–Trinajstić information content (AvgIpc) is 1.96. The lowest BCUT2D eigenvalue weighted by atomic mass is 9.81. The summed E-state index contributed by atoms with van der Waals surface area (Å²) in [6.45, 7) is 5.84. The van der Waals surface area contributed by atoms with Gasteiger partial charge >= 0.3 is 5.97 Å². The minimum Gasteiger partial charge on any atom is -0.481 e. The van der Waals surface area contributed by atoms with Gasteiger partial charge in [0.05, 0.1) is 6.42 Å². The normalized spacial score (nSPS) is 18.7. The highest BCUT2D eigenvalue weighted by molar-refractivity contribution is 5.80. The third kappa shape index (κ3) is 3.51. The van der Waals surface area contributed by atoms with E-state index in [2.05, 4.69) is 5.32 Å². The number of carboxylic acids is 1. The van der Waals surface area contributed by atoms with Crippen LogP contribution in [0.4, 0.5) is 0 Å². The Hall–Kier alpha value is -1.06. The van der Waals surface area contributed by atoms with Gasteiger partial charge in [-0.2, -0.15) is 0 Å². The number of hydrogen-bond acceptors (Lipinski definition) is 2. The van der Waals surface area contributed by atoms with E-state index in [1.54, 1.807) is 0 Å². The fourth-order valence-electron chi connectivity index (χ4n) is 1.71. The molecule has 0 aromatic rings. The molecule has 1 aliphatic rings. The van der Waals surface area contributed by atoms with Crippen molar-refractivity contribution in [2.45, 2.75) is 52.5 Å². The summed E-state index contributed by atoms with van der Waals surface area (Å²) in [4.78, 5) is 22.5. The number of nitrogens with one attached hydrogen (secondary N) is 1. The Kier molecular flexibility index (Phi) is 3.94. The molecule has 1 aliphatic carbocycles. The van der Waals surface area contributed by atoms with Crippen LogP contribution in [0.2, 0.25) is 0 Å². The number of carboxylic acid groups (broad SMARTS) is 1. The van der Waals surface area contributed by atoms with Crippen LogP contribution in [0, 0.1) is 11.3 Å². The van der Waals surface area contributed by atoms with Crippen LogP contribution in [0.3, 0.4) is 0 Å². The second kappa shape index (κ2) is 4.85. The van der Waals surface area contributed by atoms with Gasteiger partial charge in [-0.15, -0.1) is 0 Å². The molecule has 2 N–H and O–H groups in total. The molecule has 0 aliphatic heterocycles. The molecule has 0 spiro atoms. The number of carbonyl (C=O) groups is 2. The molecule has 1 atom stereocenters. The summed E-state index contributed by atoms with van der Waals surface area (Å²) in [5.41, 5.74) is -0.224. The third-order valence-corrected chi connectivity index (χ3v) is 3.22. The van der Waals surface area contributed by atoms with Gasteiger partial charge in [0.1, 0.15) is 0 Å². The number of rotatable bonds is 4. The molecule has 1 fully saturated rings. The van der Waals surface area contributed by atoms with Gasteiger partial charge in [0.25, 0.3) is 0 Å². The van der Waals surface area contributed by atoms with E-state index in [0.29, 0.717) is 0 Å². The summed E-state index contributed by atoms with van der Waals surface area (Å²) in [7, 11) is 0. The summed E-state index contributed by atoms with van der Waals surface area (Å²) in [6, 6.07) is -0.293. The topological polar surface area (TPSA) is 66.4 Å². The molecular weight excluding hydrogens is 206 g/mol. The van der Waals surface area contributed by atoms with Crippen molar-refractivity contribution < 1.29 is 14.7 Å². The van der Waals surface area contributed by atoms with E-state index in [1.807, 2.05) is 20.8 Å². The molecule has 0 aromatic heterocycles. The highest BCUT2D eigenvalue weighted by Gasteiger charge is 2.32. The van der Waals surface area contributed by atoms with Crippen molar-refractivity contribution in [3.63, 3.8) is 0 Å². The van der Waals surface area contributed by atoms with Crippen molar-refractivity contribution in [2.75, 3.05) is 0 Å². The smallest absolute Gasteiger partial charge is 0.305 e. The highest BCUT2D eigenvalue weighted by Crippen LogP contribution is 2.28. The zero-order valence-corrected chi connectivity index (χ0v) is 10.2. The van der Waals surface area contributed by atoms with E-state index >= 15 is 0 Å². The maximum absolute atomic E-state index is 11.8. The molecule has 0 radical (unpaired) electrons. The molecule has 4 nitrogen and oxygen atoms in total. The van der Waals surface area contributed by atoms with Crippen molar-refractivity contribution >= 4 is 11.9 Å². The monoisotopic (exact) mass is 227 g/mol. The van der Waals surface area contributed by atoms with Crippen molar-refractivity contribution in [3.8, 4) is 0 Å². The van der Waals surface area contributed by atoms with Crippen molar-refractivity contribution in [3.05, 3.63) is 0 Å². The zero-order valence-electron chi connectivity index (χ0n) is 10.2. The molecule has 0 aromatic carbocycles. The van der Waals surface area contributed by atoms with Crippen LogP contribution in [-0.2, 0) is 9.59 Å². The molecule has 0 saturated heterocycles. The Morgan fingerprint density at radius 1 is 1.38 bits per heavy atom. The van der Waals surface area contributed by atoms with Crippen LogP contribution in [0.1, 0.15) is 46.5 Å². The van der Waals surface area contributed by atoms with E-state index in [0.717, 1.165) is 19.3 Å². The maximum atomic E-state index is 11.8. The summed E-state index contributed by atoms with van der Waals surface area (Å²) < 4.78 is 0. The van der Waals surface area contributed by atoms with Crippen LogP contribution in [-0.4, -0.2) is 23.0 Å². The van der Waals surface area contributed by atoms with Gasteiger partial charge in [-0.3, -0.25) is 9.59 Å². The van der Waals surface area contributed by atoms with E-state index in [1.165, 1.54) is 0 Å². The number of aliphatic carboxylic acids is 1. The first-order valence-electron chi connectivity index (χ1n) is 5.83. The minimum atomic E-state index is -0.867. The highest BCUT2D eigenvalue weighted by atomic mass is 16.4. The molecule has 1 saturated carbocycles. The Bertz CT molecular complexity index is 276. The molecule has 92 valence electrons. The number of hydrogen-bond donors (Lipinski definition) is 2. The predicted octanol–water partition coefficient (Wildman–Crippen LogP) is 1.79. The fraction of sp³-hybridized carbons (Fsp3) is 0.833. The molecule has 1 unspecified atom stereocenters. The number of carbonyl (C=O) groups excluding carboxylic acids is 1. The summed E-state index contributed by atoms with van der Waals surface area (Å²) >= 11 is 0. The number of amides is 1. The van der Waals surface area contributed by atoms with Crippen LogP contribution < -0.4 is 5.32 Å². The lowest BCUT2D eigenvalue weighted by Gasteiger charge is -2.33. The Balaban J connectivity index is 2.55. The lowest BCUT2D eigenvalue weighted by molar-refractivity contribution is -0.139. The second-order valence-corrected chi connectivity index (χ2v) is 5.65. The van der Waals surface area contributed by atoms with Crippen LogP contribution in [0.5, 0.6) is 0 Å². The van der Waals surface area contributed by atoms with Crippen molar-refractivity contribution in [1.82, 2.24) is 5.32 Å². The molecule has 0 heterocycles. The third-order valence-electron chi connectivity index (χ3n) is 3.22. The second-order valence-electron chi connectivity index (χ2n) is 5.65. The Morgan fingerprint density at radius 3 is 2.25 bits per heavy atom. The molecule has 4 heteroatoms. The zero-order chi connectivity index (χ0) is 12.3. The summed E-state index contributed by atoms with van der Waals surface area (Å²) in [5, 5.41) is 11.7. The minimum absolute atomic E-state index is 0.0119. The predicted molar refractivity (Wildman–Crippen MR) is 61.0 cm³/mol. The van der Waals surface area contributed by atoms with Gasteiger partial charge in [0.2, 0.25) is 5.91 Å². The molecule has 1 amide bonds. The van der Waals surface area contributed by atoms with E-state index < -0.39 is 5.97 Å². The Morgan fingerprint density at radius 2 is 1.94 bits per heavy atom. The first kappa shape index (κ1) is 13.0. The van der Waals surface area contributed by atoms with E-state index in [9.17, 15) is 9.59 Å². The molecular formula is C12H21NO3. The van der Waals surface area contributed by atoms with Gasteiger partial charge in [0, 0.05) is 12.0 Å². The van der Waals surface area contributed by atoms with Crippen LogP contribution >= 0.6 is 0 Å². The van der Waals surface area contributed by atoms with Crippen molar-refractivity contribution in [2.24, 2.45) is 11.3 Å². The fourth-order valence-corrected chi connectivity index (χ4v) is 1.71. The Labute approximate surface area is 96.4 Å². The SMILES string of the molecule is CC(C)(C)C(CC(=O)O)NC(=O)C1CCC1. The van der Waals surface area contributed by atoms with Gasteiger partial charge in [-0.05, 0) is 18.3 Å². The van der Waals surface area contributed by atoms with Gasteiger partial charge in [-0.25, -0.2) is 0 Å². The van der Waals surface area contributed by atoms with Gasteiger partial charge in [0.15, 0.2) is 0 Å². The van der Waals surface area contributed by atoms with E-state index in [4.69, 9.17) is 5.11 Å². The van der Waals surface area contributed by atoms with Crippen LogP contribution in [0.15, 0.2) is 0 Å². The van der Waals surface area contributed by atoms with Crippen molar-refractivity contribution in [1.29, 1.82) is 0 Å². The molecule has 16 heavy (non-hydrogen) atoms. The molecule has 0 bridgehead atoms. The van der Waals surface area contributed by atoms with Gasteiger partial charge in [-0.1, -0.05) is 27.2 Å². The first-order valence-corrected chi connectivity index (χ1v) is 5.83. The largest absolute Gasteiger partial charge is 0.481 e.